The number of carbonyl (C=O) groups excluding carboxylic acids is 2. The molecule has 0 saturated heterocycles. The molecule has 0 saturated carbocycles. The molecular formula is C21H24NO3-. The normalized spacial score (nSPS) is 13.4. The lowest BCUT2D eigenvalue weighted by molar-refractivity contribution is -0.143. The molecule has 1 heterocycles. The largest absolute Gasteiger partial charge is 0.465 e. The third-order valence-electron chi connectivity index (χ3n) is 5.02. The van der Waals surface area contributed by atoms with Crippen molar-refractivity contribution >= 4 is 12.3 Å². The predicted molar refractivity (Wildman–Crippen MR) is 96.5 cm³/mol. The van der Waals surface area contributed by atoms with Gasteiger partial charge in [0.25, 0.3) is 0 Å². The summed E-state index contributed by atoms with van der Waals surface area (Å²) in [5, 5.41) is 0. The number of ether oxygens (including phenoxy) is 1. The van der Waals surface area contributed by atoms with E-state index in [1.807, 2.05) is 25.3 Å². The van der Waals surface area contributed by atoms with Crippen LogP contribution in [0.4, 0.5) is 0 Å². The number of carbonyl (C=O) groups is 1. The number of nitrogens with zero attached hydrogens (tertiary/aromatic N) is 1. The molecule has 1 aliphatic rings. The van der Waals surface area contributed by atoms with Gasteiger partial charge in [0.1, 0.15) is 6.54 Å². The zero-order valence-electron chi connectivity index (χ0n) is 14.9. The lowest BCUT2D eigenvalue weighted by Gasteiger charge is -2.16. The van der Waals surface area contributed by atoms with Gasteiger partial charge in [0.15, 0.2) is 0 Å². The SMILES string of the molecule is CCOC(=O)Cn1c(C)c(Cc2ccc([C-]=O)cc2)c2c1CCCC2. The first-order valence-electron chi connectivity index (χ1n) is 8.96. The van der Waals surface area contributed by atoms with Gasteiger partial charge >= 0.3 is 5.97 Å². The van der Waals surface area contributed by atoms with Gasteiger partial charge in [0.05, 0.1) is 12.9 Å². The van der Waals surface area contributed by atoms with Crippen LogP contribution in [0.25, 0.3) is 0 Å². The number of fused-ring (bicyclic) bond motifs is 1. The van der Waals surface area contributed by atoms with Crippen molar-refractivity contribution in [2.45, 2.75) is 52.5 Å². The van der Waals surface area contributed by atoms with E-state index in [0.29, 0.717) is 18.7 Å². The van der Waals surface area contributed by atoms with Crippen LogP contribution >= 0.6 is 0 Å². The summed E-state index contributed by atoms with van der Waals surface area (Å²) >= 11 is 0. The van der Waals surface area contributed by atoms with E-state index < -0.39 is 0 Å². The molecule has 3 rings (SSSR count). The molecule has 1 aromatic carbocycles. The lowest BCUT2D eigenvalue weighted by Crippen LogP contribution is -2.17. The first-order valence-corrected chi connectivity index (χ1v) is 8.96. The van der Waals surface area contributed by atoms with E-state index in [2.05, 4.69) is 11.5 Å². The summed E-state index contributed by atoms with van der Waals surface area (Å²) in [6.45, 7) is 4.64. The second kappa shape index (κ2) is 7.68. The standard InChI is InChI=1S/C21H24NO3/c1-3-25-21(24)13-22-15(2)19(18-6-4-5-7-20(18)22)12-16-8-10-17(14-23)11-9-16/h8-11H,3-7,12-13H2,1-2H3/q-1. The third kappa shape index (κ3) is 3.68. The second-order valence-electron chi connectivity index (χ2n) is 6.56. The zero-order chi connectivity index (χ0) is 17.8. The first-order chi connectivity index (χ1) is 12.1. The number of aromatic nitrogens is 1. The van der Waals surface area contributed by atoms with Gasteiger partial charge in [-0.3, -0.25) is 4.79 Å². The second-order valence-corrected chi connectivity index (χ2v) is 6.56. The van der Waals surface area contributed by atoms with Gasteiger partial charge in [-0.15, -0.1) is 12.1 Å². The topological polar surface area (TPSA) is 48.3 Å². The van der Waals surface area contributed by atoms with Crippen molar-refractivity contribution in [1.29, 1.82) is 0 Å². The average molecular weight is 338 g/mol. The Morgan fingerprint density at radius 3 is 2.60 bits per heavy atom. The van der Waals surface area contributed by atoms with Gasteiger partial charge < -0.3 is 14.1 Å². The van der Waals surface area contributed by atoms with E-state index in [1.54, 1.807) is 12.1 Å². The molecule has 0 unspecified atom stereocenters. The van der Waals surface area contributed by atoms with Crippen LogP contribution < -0.4 is 0 Å². The van der Waals surface area contributed by atoms with E-state index in [1.165, 1.54) is 35.2 Å². The van der Waals surface area contributed by atoms with E-state index in [-0.39, 0.29) is 5.97 Å². The third-order valence-corrected chi connectivity index (χ3v) is 5.02. The zero-order valence-corrected chi connectivity index (χ0v) is 14.9. The monoisotopic (exact) mass is 338 g/mol. The Hall–Kier alpha value is -2.36. The van der Waals surface area contributed by atoms with Gasteiger partial charge in [-0.05, 0) is 57.1 Å². The van der Waals surface area contributed by atoms with Crippen LogP contribution in [0, 0.1) is 6.92 Å². The van der Waals surface area contributed by atoms with Crippen molar-refractivity contribution in [3.05, 3.63) is 57.9 Å². The number of hydrogen-bond donors (Lipinski definition) is 0. The van der Waals surface area contributed by atoms with Crippen molar-refractivity contribution in [2.24, 2.45) is 0 Å². The first kappa shape index (κ1) is 17.5. The summed E-state index contributed by atoms with van der Waals surface area (Å²) in [6.07, 6.45) is 7.19. The summed E-state index contributed by atoms with van der Waals surface area (Å²) in [7, 11) is 0. The number of esters is 1. The van der Waals surface area contributed by atoms with Crippen LogP contribution in [0.5, 0.6) is 0 Å². The summed E-state index contributed by atoms with van der Waals surface area (Å²) in [4.78, 5) is 22.7. The van der Waals surface area contributed by atoms with Crippen LogP contribution in [0.2, 0.25) is 0 Å². The Kier molecular flexibility index (Phi) is 5.37. The molecule has 0 fully saturated rings. The highest BCUT2D eigenvalue weighted by molar-refractivity contribution is 5.75. The van der Waals surface area contributed by atoms with E-state index in [4.69, 9.17) is 4.74 Å². The van der Waals surface area contributed by atoms with Crippen molar-refractivity contribution in [1.82, 2.24) is 4.57 Å². The molecular weight excluding hydrogens is 314 g/mol. The van der Waals surface area contributed by atoms with E-state index >= 15 is 0 Å². The molecule has 0 spiro atoms. The number of rotatable bonds is 6. The van der Waals surface area contributed by atoms with Crippen molar-refractivity contribution in [2.75, 3.05) is 6.61 Å². The van der Waals surface area contributed by atoms with Crippen LogP contribution in [0.3, 0.4) is 0 Å². The van der Waals surface area contributed by atoms with Gasteiger partial charge in [0, 0.05) is 11.4 Å². The Balaban J connectivity index is 1.93. The summed E-state index contributed by atoms with van der Waals surface area (Å²) in [5.74, 6) is -0.175. The van der Waals surface area contributed by atoms with Gasteiger partial charge in [-0.25, -0.2) is 0 Å². The van der Waals surface area contributed by atoms with Crippen molar-refractivity contribution in [3.63, 3.8) is 0 Å². The minimum Gasteiger partial charge on any atom is -0.465 e. The highest BCUT2D eigenvalue weighted by atomic mass is 16.5. The van der Waals surface area contributed by atoms with Gasteiger partial charge in [-0.2, -0.15) is 17.7 Å². The maximum atomic E-state index is 12.0. The summed E-state index contributed by atoms with van der Waals surface area (Å²) < 4.78 is 7.30. The van der Waals surface area contributed by atoms with Crippen LogP contribution in [-0.4, -0.2) is 23.4 Å². The Bertz CT molecular complexity index is 771. The minimum atomic E-state index is -0.175. The molecule has 25 heavy (non-hydrogen) atoms. The molecule has 4 heteroatoms. The van der Waals surface area contributed by atoms with Crippen LogP contribution in [0.15, 0.2) is 24.3 Å². The molecule has 0 atom stereocenters. The smallest absolute Gasteiger partial charge is 0.325 e. The van der Waals surface area contributed by atoms with Crippen molar-refractivity contribution in [3.8, 4) is 0 Å². The number of hydrogen-bond acceptors (Lipinski definition) is 3. The van der Waals surface area contributed by atoms with Crippen LogP contribution in [0.1, 0.15) is 53.4 Å². The lowest BCUT2D eigenvalue weighted by atomic mass is 9.91. The Morgan fingerprint density at radius 2 is 1.92 bits per heavy atom. The minimum absolute atomic E-state index is 0.175. The molecule has 2 aromatic rings. The van der Waals surface area contributed by atoms with E-state index in [9.17, 15) is 9.59 Å². The van der Waals surface area contributed by atoms with Gasteiger partial charge in [0.2, 0.25) is 0 Å². The molecule has 0 radical (unpaired) electrons. The highest BCUT2D eigenvalue weighted by Crippen LogP contribution is 2.31. The fourth-order valence-electron chi connectivity index (χ4n) is 3.78. The predicted octanol–water partition coefficient (Wildman–Crippen LogP) is 3.29. The van der Waals surface area contributed by atoms with Crippen LogP contribution in [-0.2, 0) is 40.1 Å². The molecule has 0 amide bonds. The highest BCUT2D eigenvalue weighted by Gasteiger charge is 2.23. The molecule has 0 bridgehead atoms. The van der Waals surface area contributed by atoms with E-state index in [0.717, 1.165) is 25.0 Å². The number of benzene rings is 1. The molecule has 132 valence electrons. The Morgan fingerprint density at radius 1 is 1.20 bits per heavy atom. The summed E-state index contributed by atoms with van der Waals surface area (Å²) in [6, 6.07) is 7.58. The summed E-state index contributed by atoms with van der Waals surface area (Å²) in [5.41, 5.74) is 6.92. The van der Waals surface area contributed by atoms with Gasteiger partial charge in [-0.1, -0.05) is 5.56 Å². The fraction of sp³-hybridized carbons (Fsp3) is 0.429. The van der Waals surface area contributed by atoms with Crippen molar-refractivity contribution < 1.29 is 14.3 Å². The Labute approximate surface area is 148 Å². The maximum absolute atomic E-state index is 12.0. The molecule has 0 N–H and O–H groups in total. The average Bonchev–Trinajstić information content (AvgIpc) is 2.88. The molecule has 0 aliphatic heterocycles. The molecule has 1 aliphatic carbocycles. The fourth-order valence-corrected chi connectivity index (χ4v) is 3.78. The molecule has 1 aromatic heterocycles. The maximum Gasteiger partial charge on any atom is 0.325 e. The quantitative estimate of drug-likeness (QED) is 0.600. The molecule has 4 nitrogen and oxygen atoms in total.